The Morgan fingerprint density at radius 3 is 2.50 bits per heavy atom. The van der Waals surface area contributed by atoms with Gasteiger partial charge in [0, 0.05) is 12.1 Å². The minimum Gasteiger partial charge on any atom is -0.292 e. The Bertz CT molecular complexity index is 375. The highest BCUT2D eigenvalue weighted by Crippen LogP contribution is 2.36. The highest BCUT2D eigenvalue weighted by atomic mass is 15.2. The standard InChI is InChI=1S/C15H19N/c1-16-14-9-4-2-3-7-12(14)11-13-8-5-6-10-15(13)16/h3-10,12-15H,2,11H2,1H3. The number of likely N-dealkylation sites (tertiary alicyclic amines) is 1. The molecule has 1 heterocycles. The molecular weight excluding hydrogens is 194 g/mol. The number of piperidine rings is 1. The van der Waals surface area contributed by atoms with Gasteiger partial charge >= 0.3 is 0 Å². The van der Waals surface area contributed by atoms with E-state index in [9.17, 15) is 0 Å². The third-order valence-electron chi connectivity index (χ3n) is 4.13. The molecule has 1 saturated heterocycles. The topological polar surface area (TPSA) is 3.24 Å². The van der Waals surface area contributed by atoms with Gasteiger partial charge in [-0.3, -0.25) is 4.90 Å². The van der Waals surface area contributed by atoms with Gasteiger partial charge in [0.15, 0.2) is 0 Å². The second-order valence-corrected chi connectivity index (χ2v) is 5.07. The summed E-state index contributed by atoms with van der Waals surface area (Å²) in [4.78, 5) is 2.53. The number of nitrogens with zero attached hydrogens (tertiary/aromatic N) is 1. The average molecular weight is 213 g/mol. The minimum atomic E-state index is 0.594. The van der Waals surface area contributed by atoms with Gasteiger partial charge in [-0.1, -0.05) is 48.6 Å². The van der Waals surface area contributed by atoms with E-state index < -0.39 is 0 Å². The second-order valence-electron chi connectivity index (χ2n) is 5.07. The summed E-state index contributed by atoms with van der Waals surface area (Å²) in [6.45, 7) is 0. The first-order valence-electron chi connectivity index (χ1n) is 6.26. The van der Waals surface area contributed by atoms with E-state index in [-0.39, 0.29) is 0 Å². The molecule has 0 bridgehead atoms. The minimum absolute atomic E-state index is 0.594. The lowest BCUT2D eigenvalue weighted by atomic mass is 9.77. The van der Waals surface area contributed by atoms with Crippen molar-refractivity contribution in [2.75, 3.05) is 7.05 Å². The van der Waals surface area contributed by atoms with E-state index in [4.69, 9.17) is 0 Å². The van der Waals surface area contributed by atoms with Crippen LogP contribution in [0.1, 0.15) is 12.8 Å². The van der Waals surface area contributed by atoms with Crippen LogP contribution in [0, 0.1) is 11.8 Å². The third kappa shape index (κ3) is 1.60. The van der Waals surface area contributed by atoms with Crippen molar-refractivity contribution in [2.24, 2.45) is 11.8 Å². The van der Waals surface area contributed by atoms with E-state index in [1.807, 2.05) is 0 Å². The molecule has 84 valence electrons. The second kappa shape index (κ2) is 4.06. The molecule has 0 N–H and O–H groups in total. The number of likely N-dealkylation sites (N-methyl/N-ethyl adjacent to an activating group) is 1. The van der Waals surface area contributed by atoms with Gasteiger partial charge in [-0.25, -0.2) is 0 Å². The molecule has 0 aromatic heterocycles. The van der Waals surface area contributed by atoms with Crippen molar-refractivity contribution in [3.05, 3.63) is 48.6 Å². The van der Waals surface area contributed by atoms with Crippen LogP contribution in [0.25, 0.3) is 0 Å². The molecule has 1 nitrogen and oxygen atoms in total. The Labute approximate surface area is 97.8 Å². The summed E-state index contributed by atoms with van der Waals surface area (Å²) in [6.07, 6.45) is 20.9. The summed E-state index contributed by atoms with van der Waals surface area (Å²) in [7, 11) is 2.27. The number of fused-ring (bicyclic) bond motifs is 2. The molecule has 1 fully saturated rings. The van der Waals surface area contributed by atoms with E-state index in [1.165, 1.54) is 6.42 Å². The Morgan fingerprint density at radius 1 is 0.875 bits per heavy atom. The molecule has 0 amide bonds. The fraction of sp³-hybridized carbons (Fsp3) is 0.467. The lowest BCUT2D eigenvalue weighted by Crippen LogP contribution is -2.51. The molecule has 0 aromatic rings. The first kappa shape index (κ1) is 10.1. The normalized spacial score (nSPS) is 41.6. The van der Waals surface area contributed by atoms with Crippen LogP contribution in [-0.2, 0) is 0 Å². The van der Waals surface area contributed by atoms with Crippen molar-refractivity contribution in [3.63, 3.8) is 0 Å². The van der Waals surface area contributed by atoms with Gasteiger partial charge in [0.05, 0.1) is 0 Å². The zero-order chi connectivity index (χ0) is 11.0. The van der Waals surface area contributed by atoms with E-state index in [1.54, 1.807) is 0 Å². The van der Waals surface area contributed by atoms with Crippen molar-refractivity contribution < 1.29 is 0 Å². The van der Waals surface area contributed by atoms with Gasteiger partial charge in [0.1, 0.15) is 0 Å². The molecule has 3 rings (SSSR count). The number of allylic oxidation sites excluding steroid dienone is 4. The molecule has 16 heavy (non-hydrogen) atoms. The monoisotopic (exact) mass is 213 g/mol. The quantitative estimate of drug-likeness (QED) is 0.559. The van der Waals surface area contributed by atoms with Gasteiger partial charge in [0.25, 0.3) is 0 Å². The van der Waals surface area contributed by atoms with E-state index in [2.05, 4.69) is 60.6 Å². The van der Waals surface area contributed by atoms with Crippen LogP contribution < -0.4 is 0 Å². The summed E-state index contributed by atoms with van der Waals surface area (Å²) in [5.41, 5.74) is 0. The molecule has 1 aliphatic heterocycles. The Balaban J connectivity index is 1.91. The molecular formula is C15H19N. The smallest absolute Gasteiger partial charge is 0.0347 e. The number of hydrogen-bond acceptors (Lipinski definition) is 1. The maximum absolute atomic E-state index is 2.53. The molecule has 0 aromatic carbocycles. The van der Waals surface area contributed by atoms with Crippen LogP contribution in [0.2, 0.25) is 0 Å². The zero-order valence-electron chi connectivity index (χ0n) is 9.79. The molecule has 3 aliphatic rings. The Hall–Kier alpha value is -1.08. The molecule has 1 heteroatoms. The molecule has 0 spiro atoms. The van der Waals surface area contributed by atoms with Crippen molar-refractivity contribution >= 4 is 0 Å². The van der Waals surface area contributed by atoms with Gasteiger partial charge in [-0.2, -0.15) is 0 Å². The average Bonchev–Trinajstić information content (AvgIpc) is 2.55. The van der Waals surface area contributed by atoms with E-state index in [0.717, 1.165) is 6.42 Å². The van der Waals surface area contributed by atoms with E-state index >= 15 is 0 Å². The molecule has 2 aliphatic carbocycles. The lowest BCUT2D eigenvalue weighted by Gasteiger charge is -2.45. The van der Waals surface area contributed by atoms with Crippen molar-refractivity contribution in [2.45, 2.75) is 24.9 Å². The summed E-state index contributed by atoms with van der Waals surface area (Å²) < 4.78 is 0. The fourth-order valence-corrected chi connectivity index (χ4v) is 3.27. The maximum Gasteiger partial charge on any atom is 0.0347 e. The predicted octanol–water partition coefficient (Wildman–Crippen LogP) is 2.93. The Kier molecular flexibility index (Phi) is 2.56. The van der Waals surface area contributed by atoms with Crippen LogP contribution in [0.3, 0.4) is 0 Å². The van der Waals surface area contributed by atoms with Gasteiger partial charge in [0.2, 0.25) is 0 Å². The number of hydrogen-bond donors (Lipinski definition) is 0. The summed E-state index contributed by atoms with van der Waals surface area (Å²) in [5, 5.41) is 0. The summed E-state index contributed by atoms with van der Waals surface area (Å²) in [6, 6.07) is 1.19. The third-order valence-corrected chi connectivity index (χ3v) is 4.13. The molecule has 0 saturated carbocycles. The molecule has 4 atom stereocenters. The van der Waals surface area contributed by atoms with Crippen LogP contribution in [0.5, 0.6) is 0 Å². The van der Waals surface area contributed by atoms with E-state index in [0.29, 0.717) is 23.9 Å². The highest BCUT2D eigenvalue weighted by molar-refractivity contribution is 5.23. The van der Waals surface area contributed by atoms with Crippen LogP contribution >= 0.6 is 0 Å². The lowest BCUT2D eigenvalue weighted by molar-refractivity contribution is 0.106. The highest BCUT2D eigenvalue weighted by Gasteiger charge is 2.37. The largest absolute Gasteiger partial charge is 0.292 e. The first-order chi connectivity index (χ1) is 7.86. The van der Waals surface area contributed by atoms with Crippen LogP contribution in [0.15, 0.2) is 48.6 Å². The van der Waals surface area contributed by atoms with Crippen molar-refractivity contribution in [1.29, 1.82) is 0 Å². The molecule has 4 unspecified atom stereocenters. The van der Waals surface area contributed by atoms with Gasteiger partial charge in [-0.15, -0.1) is 0 Å². The zero-order valence-corrected chi connectivity index (χ0v) is 9.79. The van der Waals surface area contributed by atoms with Crippen LogP contribution in [-0.4, -0.2) is 24.0 Å². The van der Waals surface area contributed by atoms with Crippen molar-refractivity contribution in [3.8, 4) is 0 Å². The van der Waals surface area contributed by atoms with Crippen LogP contribution in [0.4, 0.5) is 0 Å². The maximum atomic E-state index is 2.53. The fourth-order valence-electron chi connectivity index (χ4n) is 3.27. The summed E-state index contributed by atoms with van der Waals surface area (Å²) in [5.74, 6) is 1.40. The number of rotatable bonds is 0. The molecule has 0 radical (unpaired) electrons. The first-order valence-corrected chi connectivity index (χ1v) is 6.26. The van der Waals surface area contributed by atoms with Crippen molar-refractivity contribution in [1.82, 2.24) is 4.90 Å². The SMILES string of the molecule is CN1C2C=CC=CC2CC2C=CCC=CC21. The van der Waals surface area contributed by atoms with Gasteiger partial charge in [-0.05, 0) is 31.7 Å². The summed E-state index contributed by atoms with van der Waals surface area (Å²) >= 11 is 0. The Morgan fingerprint density at radius 2 is 1.56 bits per heavy atom. The predicted molar refractivity (Wildman–Crippen MR) is 68.1 cm³/mol. The van der Waals surface area contributed by atoms with Gasteiger partial charge < -0.3 is 0 Å².